The summed E-state index contributed by atoms with van der Waals surface area (Å²) in [6.45, 7) is 1.74. The molecular formula is C10H12F2N2. The molecule has 1 unspecified atom stereocenters. The smallest absolute Gasteiger partial charge is 0.261 e. The van der Waals surface area contributed by atoms with Crippen LogP contribution in [0, 0.1) is 6.92 Å². The fourth-order valence-electron chi connectivity index (χ4n) is 1.90. The first-order valence-corrected chi connectivity index (χ1v) is 4.53. The highest BCUT2D eigenvalue weighted by Crippen LogP contribution is 2.60. The molecule has 1 heterocycles. The number of nitrogens with zero attached hydrogens (tertiary/aromatic N) is 1. The van der Waals surface area contributed by atoms with Crippen molar-refractivity contribution in [1.82, 2.24) is 4.98 Å². The largest absolute Gasteiger partial charge is 0.329 e. The average Bonchev–Trinajstić information content (AvgIpc) is 2.70. The molecule has 0 amide bonds. The number of aromatic nitrogens is 1. The molecule has 1 aromatic rings. The number of halogens is 2. The predicted molar refractivity (Wildman–Crippen MR) is 49.3 cm³/mol. The molecule has 0 aromatic carbocycles. The zero-order chi connectivity index (χ0) is 10.4. The van der Waals surface area contributed by atoms with E-state index in [9.17, 15) is 8.78 Å². The standard InChI is InChI=1S/C10H12F2N2/c1-7-3-2-4-14-8(7)9(6-13)5-10(9,11)12/h2-4H,5-6,13H2,1H3. The maximum absolute atomic E-state index is 13.2. The van der Waals surface area contributed by atoms with Gasteiger partial charge < -0.3 is 5.73 Å². The number of hydrogen-bond donors (Lipinski definition) is 1. The van der Waals surface area contributed by atoms with E-state index >= 15 is 0 Å². The van der Waals surface area contributed by atoms with Gasteiger partial charge in [0.05, 0.1) is 11.1 Å². The van der Waals surface area contributed by atoms with Gasteiger partial charge in [0.15, 0.2) is 0 Å². The summed E-state index contributed by atoms with van der Waals surface area (Å²) in [5.74, 6) is -2.68. The van der Waals surface area contributed by atoms with E-state index in [1.54, 1.807) is 19.1 Å². The summed E-state index contributed by atoms with van der Waals surface area (Å²) in [6.07, 6.45) is 1.36. The zero-order valence-electron chi connectivity index (χ0n) is 7.93. The summed E-state index contributed by atoms with van der Waals surface area (Å²) in [5, 5.41) is 0. The molecule has 2 N–H and O–H groups in total. The lowest BCUT2D eigenvalue weighted by Gasteiger charge is -2.15. The van der Waals surface area contributed by atoms with Gasteiger partial charge in [-0.15, -0.1) is 0 Å². The van der Waals surface area contributed by atoms with E-state index < -0.39 is 11.3 Å². The molecule has 4 heteroatoms. The number of aryl methyl sites for hydroxylation is 1. The first-order valence-electron chi connectivity index (χ1n) is 4.53. The van der Waals surface area contributed by atoms with Gasteiger partial charge in [0.25, 0.3) is 5.92 Å². The van der Waals surface area contributed by atoms with Crippen molar-refractivity contribution < 1.29 is 8.78 Å². The molecule has 0 radical (unpaired) electrons. The van der Waals surface area contributed by atoms with Gasteiger partial charge in [-0.2, -0.15) is 0 Å². The van der Waals surface area contributed by atoms with Crippen molar-refractivity contribution in [2.75, 3.05) is 6.54 Å². The van der Waals surface area contributed by atoms with E-state index in [0.29, 0.717) is 5.69 Å². The van der Waals surface area contributed by atoms with Gasteiger partial charge in [0.1, 0.15) is 0 Å². The highest BCUT2D eigenvalue weighted by molar-refractivity contribution is 5.38. The molecule has 2 rings (SSSR count). The summed E-state index contributed by atoms with van der Waals surface area (Å²) in [6, 6.07) is 3.53. The van der Waals surface area contributed by atoms with Gasteiger partial charge in [-0.25, -0.2) is 8.78 Å². The van der Waals surface area contributed by atoms with Crippen LogP contribution in [0.2, 0.25) is 0 Å². The Morgan fingerprint density at radius 3 is 2.64 bits per heavy atom. The minimum atomic E-state index is -2.68. The van der Waals surface area contributed by atoms with Crippen LogP contribution in [0.4, 0.5) is 8.78 Å². The third-order valence-electron chi connectivity index (χ3n) is 2.91. The minimum Gasteiger partial charge on any atom is -0.329 e. The van der Waals surface area contributed by atoms with Crippen molar-refractivity contribution in [2.45, 2.75) is 24.7 Å². The lowest BCUT2D eigenvalue weighted by molar-refractivity contribution is 0.0884. The number of alkyl halides is 2. The van der Waals surface area contributed by atoms with Gasteiger partial charge in [0, 0.05) is 19.2 Å². The van der Waals surface area contributed by atoms with E-state index in [-0.39, 0.29) is 13.0 Å². The van der Waals surface area contributed by atoms with Gasteiger partial charge in [0.2, 0.25) is 0 Å². The van der Waals surface area contributed by atoms with Crippen LogP contribution < -0.4 is 5.73 Å². The molecule has 1 fully saturated rings. The Labute approximate surface area is 81.1 Å². The number of rotatable bonds is 2. The van der Waals surface area contributed by atoms with Crippen molar-refractivity contribution in [3.63, 3.8) is 0 Å². The van der Waals surface area contributed by atoms with Crippen LogP contribution in [-0.2, 0) is 5.41 Å². The molecule has 0 aliphatic heterocycles. The molecule has 0 spiro atoms. The van der Waals surface area contributed by atoms with Crippen LogP contribution in [0.1, 0.15) is 17.7 Å². The fourth-order valence-corrected chi connectivity index (χ4v) is 1.90. The quantitative estimate of drug-likeness (QED) is 0.784. The van der Waals surface area contributed by atoms with Crippen LogP contribution in [0.3, 0.4) is 0 Å². The van der Waals surface area contributed by atoms with Crippen LogP contribution in [0.25, 0.3) is 0 Å². The third kappa shape index (κ3) is 1.07. The molecule has 1 aromatic heterocycles. The van der Waals surface area contributed by atoms with Gasteiger partial charge in [-0.1, -0.05) is 6.07 Å². The van der Waals surface area contributed by atoms with Crippen LogP contribution >= 0.6 is 0 Å². The molecule has 1 aliphatic rings. The van der Waals surface area contributed by atoms with Gasteiger partial charge >= 0.3 is 0 Å². The summed E-state index contributed by atoms with van der Waals surface area (Å²) in [7, 11) is 0. The lowest BCUT2D eigenvalue weighted by atomic mass is 9.97. The van der Waals surface area contributed by atoms with Crippen LogP contribution in [0.15, 0.2) is 18.3 Å². The second-order valence-corrected chi connectivity index (χ2v) is 3.84. The van der Waals surface area contributed by atoms with E-state index in [4.69, 9.17) is 5.73 Å². The summed E-state index contributed by atoms with van der Waals surface area (Å²) < 4.78 is 26.4. The highest BCUT2D eigenvalue weighted by Gasteiger charge is 2.72. The molecule has 76 valence electrons. The van der Waals surface area contributed by atoms with Gasteiger partial charge in [-0.3, -0.25) is 4.98 Å². The molecule has 1 saturated carbocycles. The molecule has 2 nitrogen and oxygen atoms in total. The number of hydrogen-bond acceptors (Lipinski definition) is 2. The van der Waals surface area contributed by atoms with Crippen LogP contribution in [-0.4, -0.2) is 17.5 Å². The van der Waals surface area contributed by atoms with E-state index in [2.05, 4.69) is 4.98 Å². The molecule has 0 saturated heterocycles. The lowest BCUT2D eigenvalue weighted by Crippen LogP contribution is -2.28. The summed E-state index contributed by atoms with van der Waals surface area (Å²) in [5.41, 5.74) is 5.47. The number of pyridine rings is 1. The molecule has 1 atom stereocenters. The Bertz CT molecular complexity index is 365. The monoisotopic (exact) mass is 198 g/mol. The topological polar surface area (TPSA) is 38.9 Å². The van der Waals surface area contributed by atoms with E-state index in [0.717, 1.165) is 5.56 Å². The Balaban J connectivity index is 2.46. The third-order valence-corrected chi connectivity index (χ3v) is 2.91. The average molecular weight is 198 g/mol. The van der Waals surface area contributed by atoms with Crippen molar-refractivity contribution in [3.05, 3.63) is 29.6 Å². The molecule has 0 bridgehead atoms. The summed E-state index contributed by atoms with van der Waals surface area (Å²) in [4.78, 5) is 4.02. The Kier molecular flexibility index (Phi) is 1.86. The zero-order valence-corrected chi connectivity index (χ0v) is 7.93. The highest BCUT2D eigenvalue weighted by atomic mass is 19.3. The maximum atomic E-state index is 13.2. The molecule has 1 aliphatic carbocycles. The van der Waals surface area contributed by atoms with Crippen molar-refractivity contribution in [2.24, 2.45) is 5.73 Å². The predicted octanol–water partition coefficient (Wildman–Crippen LogP) is 1.63. The van der Waals surface area contributed by atoms with E-state index in [1.807, 2.05) is 0 Å². The van der Waals surface area contributed by atoms with E-state index in [1.165, 1.54) is 6.20 Å². The normalized spacial score (nSPS) is 28.9. The molecular weight excluding hydrogens is 186 g/mol. The van der Waals surface area contributed by atoms with Crippen LogP contribution in [0.5, 0.6) is 0 Å². The van der Waals surface area contributed by atoms with Gasteiger partial charge in [-0.05, 0) is 18.6 Å². The first kappa shape index (κ1) is 9.52. The Morgan fingerprint density at radius 1 is 1.57 bits per heavy atom. The summed E-state index contributed by atoms with van der Waals surface area (Å²) >= 11 is 0. The number of nitrogens with two attached hydrogens (primary N) is 1. The maximum Gasteiger partial charge on any atom is 0.261 e. The minimum absolute atomic E-state index is 0.0438. The fraction of sp³-hybridized carbons (Fsp3) is 0.500. The second-order valence-electron chi connectivity index (χ2n) is 3.84. The Morgan fingerprint density at radius 2 is 2.21 bits per heavy atom. The van der Waals surface area contributed by atoms with Crippen molar-refractivity contribution in [3.8, 4) is 0 Å². The van der Waals surface area contributed by atoms with Crippen molar-refractivity contribution >= 4 is 0 Å². The SMILES string of the molecule is Cc1cccnc1C1(CN)CC1(F)F. The van der Waals surface area contributed by atoms with Crippen molar-refractivity contribution in [1.29, 1.82) is 0 Å². The Hall–Kier alpha value is -1.03. The first-order chi connectivity index (χ1) is 6.53. The molecule has 14 heavy (non-hydrogen) atoms. The second kappa shape index (κ2) is 2.73.